The maximum absolute atomic E-state index is 10.8. The van der Waals surface area contributed by atoms with E-state index in [0.717, 1.165) is 16.7 Å². The highest BCUT2D eigenvalue weighted by Gasteiger charge is 2.09. The van der Waals surface area contributed by atoms with Gasteiger partial charge in [0.15, 0.2) is 0 Å². The van der Waals surface area contributed by atoms with Crippen molar-refractivity contribution in [3.05, 3.63) is 59.1 Å². The molecular weight excluding hydrogens is 260 g/mol. The molecule has 0 saturated carbocycles. The standard InChI is InChI=1S/C15H15ClN2O/c16-13-4-2-1-3-12(13)10-5-7-11(8-6-10)14(17)9-15(18)19/h1-8,14H,9,17H2,(H2,18,19). The van der Waals surface area contributed by atoms with Crippen LogP contribution < -0.4 is 11.5 Å². The lowest BCUT2D eigenvalue weighted by atomic mass is 9.99. The summed E-state index contributed by atoms with van der Waals surface area (Å²) in [7, 11) is 0. The lowest BCUT2D eigenvalue weighted by Crippen LogP contribution is -2.20. The van der Waals surface area contributed by atoms with E-state index in [0.29, 0.717) is 5.02 Å². The van der Waals surface area contributed by atoms with Crippen LogP contribution in [-0.4, -0.2) is 5.91 Å². The van der Waals surface area contributed by atoms with Gasteiger partial charge in [-0.1, -0.05) is 54.1 Å². The first-order valence-electron chi connectivity index (χ1n) is 5.96. The van der Waals surface area contributed by atoms with E-state index < -0.39 is 5.91 Å². The van der Waals surface area contributed by atoms with Crippen LogP contribution in [0.25, 0.3) is 11.1 Å². The monoisotopic (exact) mass is 274 g/mol. The molecule has 1 unspecified atom stereocenters. The predicted octanol–water partition coefficient (Wildman–Crippen LogP) is 2.88. The molecule has 0 fully saturated rings. The van der Waals surface area contributed by atoms with Crippen LogP contribution in [0, 0.1) is 0 Å². The third kappa shape index (κ3) is 3.34. The van der Waals surface area contributed by atoms with Crippen molar-refractivity contribution < 1.29 is 4.79 Å². The van der Waals surface area contributed by atoms with E-state index in [4.69, 9.17) is 23.1 Å². The molecule has 1 amide bonds. The van der Waals surface area contributed by atoms with Gasteiger partial charge < -0.3 is 11.5 Å². The molecule has 0 aromatic heterocycles. The normalized spacial score (nSPS) is 12.1. The largest absolute Gasteiger partial charge is 0.370 e. The summed E-state index contributed by atoms with van der Waals surface area (Å²) < 4.78 is 0. The highest BCUT2D eigenvalue weighted by Crippen LogP contribution is 2.28. The summed E-state index contributed by atoms with van der Waals surface area (Å²) in [6.07, 6.45) is 0.144. The summed E-state index contributed by atoms with van der Waals surface area (Å²) in [4.78, 5) is 10.8. The molecule has 0 aliphatic rings. The zero-order valence-corrected chi connectivity index (χ0v) is 11.1. The van der Waals surface area contributed by atoms with Crippen LogP contribution in [0.4, 0.5) is 0 Å². The number of benzene rings is 2. The summed E-state index contributed by atoms with van der Waals surface area (Å²) in [5, 5.41) is 0.705. The van der Waals surface area contributed by atoms with Gasteiger partial charge in [0.05, 0.1) is 0 Å². The van der Waals surface area contributed by atoms with E-state index in [9.17, 15) is 4.79 Å². The summed E-state index contributed by atoms with van der Waals surface area (Å²) in [5.74, 6) is -0.400. The number of primary amides is 1. The van der Waals surface area contributed by atoms with Crippen molar-refractivity contribution in [3.8, 4) is 11.1 Å². The van der Waals surface area contributed by atoms with Gasteiger partial charge in [0.2, 0.25) is 5.91 Å². The van der Waals surface area contributed by atoms with Gasteiger partial charge in [-0.2, -0.15) is 0 Å². The molecule has 0 spiro atoms. The van der Waals surface area contributed by atoms with Gasteiger partial charge in [-0.05, 0) is 17.2 Å². The van der Waals surface area contributed by atoms with Gasteiger partial charge in [-0.25, -0.2) is 0 Å². The second-order valence-corrected chi connectivity index (χ2v) is 4.79. The molecule has 0 saturated heterocycles. The first-order chi connectivity index (χ1) is 9.08. The van der Waals surface area contributed by atoms with Gasteiger partial charge in [-0.15, -0.1) is 0 Å². The third-order valence-corrected chi connectivity index (χ3v) is 3.27. The van der Waals surface area contributed by atoms with Crippen LogP contribution in [0.2, 0.25) is 5.02 Å². The van der Waals surface area contributed by atoms with Gasteiger partial charge >= 0.3 is 0 Å². The molecule has 4 N–H and O–H groups in total. The first-order valence-corrected chi connectivity index (χ1v) is 6.34. The molecule has 19 heavy (non-hydrogen) atoms. The number of carbonyl (C=O) groups excluding carboxylic acids is 1. The Balaban J connectivity index is 2.24. The fraction of sp³-hybridized carbons (Fsp3) is 0.133. The second-order valence-electron chi connectivity index (χ2n) is 4.38. The Labute approximate surface area is 117 Å². The van der Waals surface area contributed by atoms with E-state index in [1.807, 2.05) is 48.5 Å². The molecule has 0 radical (unpaired) electrons. The molecule has 0 aliphatic heterocycles. The number of hydrogen-bond donors (Lipinski definition) is 2. The SMILES string of the molecule is NC(=O)CC(N)c1ccc(-c2ccccc2Cl)cc1. The highest BCUT2D eigenvalue weighted by molar-refractivity contribution is 6.33. The van der Waals surface area contributed by atoms with Crippen molar-refractivity contribution in [2.45, 2.75) is 12.5 Å². The van der Waals surface area contributed by atoms with Crippen molar-refractivity contribution in [3.63, 3.8) is 0 Å². The maximum Gasteiger partial charge on any atom is 0.219 e. The van der Waals surface area contributed by atoms with Crippen LogP contribution in [0.1, 0.15) is 18.0 Å². The Morgan fingerprint density at radius 1 is 1.11 bits per heavy atom. The minimum absolute atomic E-state index is 0.144. The van der Waals surface area contributed by atoms with E-state index >= 15 is 0 Å². The minimum atomic E-state index is -0.400. The minimum Gasteiger partial charge on any atom is -0.370 e. The van der Waals surface area contributed by atoms with Crippen molar-refractivity contribution >= 4 is 17.5 Å². The van der Waals surface area contributed by atoms with Crippen LogP contribution in [0.15, 0.2) is 48.5 Å². The Bertz CT molecular complexity index is 581. The van der Waals surface area contributed by atoms with Gasteiger partial charge in [0.25, 0.3) is 0 Å². The fourth-order valence-electron chi connectivity index (χ4n) is 1.94. The summed E-state index contributed by atoms with van der Waals surface area (Å²) >= 11 is 6.14. The summed E-state index contributed by atoms with van der Waals surface area (Å²) in [5.41, 5.74) is 13.9. The molecule has 3 nitrogen and oxygen atoms in total. The molecule has 0 bridgehead atoms. The van der Waals surface area contributed by atoms with Crippen LogP contribution in [-0.2, 0) is 4.79 Å². The van der Waals surface area contributed by atoms with Crippen LogP contribution >= 0.6 is 11.6 Å². The number of halogens is 1. The average Bonchev–Trinajstić information content (AvgIpc) is 2.39. The quantitative estimate of drug-likeness (QED) is 0.900. The van der Waals surface area contributed by atoms with Crippen molar-refractivity contribution in [2.24, 2.45) is 11.5 Å². The van der Waals surface area contributed by atoms with Gasteiger partial charge in [0, 0.05) is 23.0 Å². The first kappa shape index (κ1) is 13.6. The van der Waals surface area contributed by atoms with E-state index in [2.05, 4.69) is 0 Å². The lowest BCUT2D eigenvalue weighted by molar-refractivity contribution is -0.118. The average molecular weight is 275 g/mol. The van der Waals surface area contributed by atoms with E-state index in [1.165, 1.54) is 0 Å². The number of hydrogen-bond acceptors (Lipinski definition) is 2. The van der Waals surface area contributed by atoms with Crippen LogP contribution in [0.5, 0.6) is 0 Å². The van der Waals surface area contributed by atoms with Crippen LogP contribution in [0.3, 0.4) is 0 Å². The maximum atomic E-state index is 10.8. The number of nitrogens with two attached hydrogens (primary N) is 2. The summed E-state index contributed by atoms with van der Waals surface area (Å²) in [6.45, 7) is 0. The zero-order valence-electron chi connectivity index (χ0n) is 10.3. The fourth-order valence-corrected chi connectivity index (χ4v) is 2.18. The molecule has 0 aliphatic carbocycles. The second kappa shape index (κ2) is 5.87. The molecule has 2 rings (SSSR count). The molecule has 4 heteroatoms. The number of carbonyl (C=O) groups is 1. The van der Waals surface area contributed by atoms with Gasteiger partial charge in [0.1, 0.15) is 0 Å². The van der Waals surface area contributed by atoms with Crippen molar-refractivity contribution in [2.75, 3.05) is 0 Å². The Kier molecular flexibility index (Phi) is 4.20. The zero-order chi connectivity index (χ0) is 13.8. The Hall–Kier alpha value is -1.84. The Morgan fingerprint density at radius 3 is 2.32 bits per heavy atom. The molecule has 1 atom stereocenters. The highest BCUT2D eigenvalue weighted by atomic mass is 35.5. The molecule has 0 heterocycles. The predicted molar refractivity (Wildman–Crippen MR) is 77.6 cm³/mol. The molecule has 2 aromatic rings. The molecule has 98 valence electrons. The Morgan fingerprint density at radius 2 is 1.74 bits per heavy atom. The lowest BCUT2D eigenvalue weighted by Gasteiger charge is -2.11. The van der Waals surface area contributed by atoms with Gasteiger partial charge in [-0.3, -0.25) is 4.79 Å². The van der Waals surface area contributed by atoms with E-state index in [-0.39, 0.29) is 12.5 Å². The summed E-state index contributed by atoms with van der Waals surface area (Å²) in [6, 6.07) is 15.0. The number of amides is 1. The molecular formula is C15H15ClN2O. The van der Waals surface area contributed by atoms with E-state index in [1.54, 1.807) is 0 Å². The smallest absolute Gasteiger partial charge is 0.219 e. The molecule has 2 aromatic carbocycles. The van der Waals surface area contributed by atoms with Crippen molar-refractivity contribution in [1.29, 1.82) is 0 Å². The third-order valence-electron chi connectivity index (χ3n) is 2.94. The topological polar surface area (TPSA) is 69.1 Å². The number of rotatable bonds is 4. The van der Waals surface area contributed by atoms with Crippen molar-refractivity contribution in [1.82, 2.24) is 0 Å².